The Bertz CT molecular complexity index is 367. The van der Waals surface area contributed by atoms with Crippen molar-refractivity contribution in [1.29, 1.82) is 0 Å². The summed E-state index contributed by atoms with van der Waals surface area (Å²) < 4.78 is 5.04. The number of carbonyl (C=O) groups is 1. The van der Waals surface area contributed by atoms with Crippen molar-refractivity contribution in [2.24, 2.45) is 0 Å². The molecule has 0 radical (unpaired) electrons. The van der Waals surface area contributed by atoms with Crippen LogP contribution in [-0.2, 0) is 11.2 Å². The van der Waals surface area contributed by atoms with E-state index in [-0.39, 0.29) is 5.97 Å². The van der Waals surface area contributed by atoms with Gasteiger partial charge in [-0.1, -0.05) is 13.0 Å². The molecule has 2 heteroatoms. The molecule has 2 nitrogen and oxygen atoms in total. The zero-order chi connectivity index (χ0) is 11.4. The molecule has 0 aliphatic heterocycles. The summed E-state index contributed by atoms with van der Waals surface area (Å²) in [4.78, 5) is 11.7. The third kappa shape index (κ3) is 2.58. The zero-order valence-electron chi connectivity index (χ0n) is 9.89. The third-order valence-electron chi connectivity index (χ3n) is 2.47. The first-order valence-corrected chi connectivity index (χ1v) is 5.37. The second kappa shape index (κ2) is 4.96. The molecule has 0 aromatic heterocycles. The molecule has 0 saturated carbocycles. The van der Waals surface area contributed by atoms with E-state index in [0.29, 0.717) is 6.61 Å². The van der Waals surface area contributed by atoms with Crippen LogP contribution in [0.1, 0.15) is 40.9 Å². The fourth-order valence-corrected chi connectivity index (χ4v) is 1.86. The lowest BCUT2D eigenvalue weighted by Gasteiger charge is -2.11. The lowest BCUT2D eigenvalue weighted by molar-refractivity contribution is 0.0525. The molecule has 0 aliphatic carbocycles. The van der Waals surface area contributed by atoms with Crippen LogP contribution in [-0.4, -0.2) is 12.6 Å². The van der Waals surface area contributed by atoms with Crippen molar-refractivity contribution in [3.8, 4) is 0 Å². The normalized spacial score (nSPS) is 10.1. The van der Waals surface area contributed by atoms with Gasteiger partial charge in [-0.3, -0.25) is 0 Å². The van der Waals surface area contributed by atoms with E-state index in [9.17, 15) is 4.79 Å². The summed E-state index contributed by atoms with van der Waals surface area (Å²) in [5.74, 6) is -0.207. The standard InChI is InChI=1S/C13H18O2/c1-5-11-10(4)7-9(3)8-12(11)13(14)15-6-2/h7-8H,5-6H2,1-4H3. The Morgan fingerprint density at radius 3 is 2.47 bits per heavy atom. The van der Waals surface area contributed by atoms with E-state index < -0.39 is 0 Å². The highest BCUT2D eigenvalue weighted by Gasteiger charge is 2.13. The third-order valence-corrected chi connectivity index (χ3v) is 2.47. The smallest absolute Gasteiger partial charge is 0.338 e. The quantitative estimate of drug-likeness (QED) is 0.710. The van der Waals surface area contributed by atoms with Crippen molar-refractivity contribution < 1.29 is 9.53 Å². The van der Waals surface area contributed by atoms with Gasteiger partial charge in [0.25, 0.3) is 0 Å². The molecular weight excluding hydrogens is 188 g/mol. The van der Waals surface area contributed by atoms with Crippen molar-refractivity contribution in [1.82, 2.24) is 0 Å². The van der Waals surface area contributed by atoms with Gasteiger partial charge in [0, 0.05) is 0 Å². The lowest BCUT2D eigenvalue weighted by atomic mass is 9.97. The molecule has 1 rings (SSSR count). The summed E-state index contributed by atoms with van der Waals surface area (Å²) in [5.41, 5.74) is 4.09. The summed E-state index contributed by atoms with van der Waals surface area (Å²) in [6.45, 7) is 8.34. The summed E-state index contributed by atoms with van der Waals surface area (Å²) in [6.07, 6.45) is 0.861. The van der Waals surface area contributed by atoms with E-state index in [1.807, 2.05) is 26.8 Å². The van der Waals surface area contributed by atoms with Gasteiger partial charge in [-0.25, -0.2) is 4.79 Å². The zero-order valence-corrected chi connectivity index (χ0v) is 9.89. The highest BCUT2D eigenvalue weighted by molar-refractivity contribution is 5.91. The van der Waals surface area contributed by atoms with Crippen LogP contribution in [0.5, 0.6) is 0 Å². The van der Waals surface area contributed by atoms with Crippen LogP contribution in [0.3, 0.4) is 0 Å². The average Bonchev–Trinajstić information content (AvgIpc) is 2.17. The molecule has 0 heterocycles. The predicted octanol–water partition coefficient (Wildman–Crippen LogP) is 3.04. The van der Waals surface area contributed by atoms with Crippen LogP contribution in [0.2, 0.25) is 0 Å². The number of carbonyl (C=O) groups excluding carboxylic acids is 1. The Morgan fingerprint density at radius 2 is 1.93 bits per heavy atom. The van der Waals surface area contributed by atoms with Gasteiger partial charge in [-0.15, -0.1) is 0 Å². The van der Waals surface area contributed by atoms with Crippen LogP contribution < -0.4 is 0 Å². The lowest BCUT2D eigenvalue weighted by Crippen LogP contribution is -2.09. The van der Waals surface area contributed by atoms with Crippen molar-refractivity contribution in [3.05, 3.63) is 34.4 Å². The number of esters is 1. The minimum atomic E-state index is -0.207. The maximum atomic E-state index is 11.7. The first-order valence-electron chi connectivity index (χ1n) is 5.37. The highest BCUT2D eigenvalue weighted by atomic mass is 16.5. The molecular formula is C13H18O2. The van der Waals surface area contributed by atoms with Crippen molar-refractivity contribution >= 4 is 5.97 Å². The molecule has 0 unspecified atom stereocenters. The Kier molecular flexibility index (Phi) is 3.89. The number of hydrogen-bond acceptors (Lipinski definition) is 2. The van der Waals surface area contributed by atoms with Crippen molar-refractivity contribution in [2.45, 2.75) is 34.1 Å². The van der Waals surface area contributed by atoms with Gasteiger partial charge in [-0.05, 0) is 49.9 Å². The molecule has 1 aromatic rings. The Labute approximate surface area is 91.3 Å². The van der Waals surface area contributed by atoms with Crippen molar-refractivity contribution in [2.75, 3.05) is 6.61 Å². The molecule has 0 amide bonds. The maximum absolute atomic E-state index is 11.7. The van der Waals surface area contributed by atoms with E-state index in [1.54, 1.807) is 0 Å². The van der Waals surface area contributed by atoms with Crippen LogP contribution in [0.4, 0.5) is 0 Å². The van der Waals surface area contributed by atoms with Crippen LogP contribution >= 0.6 is 0 Å². The summed E-state index contributed by atoms with van der Waals surface area (Å²) in [5, 5.41) is 0. The number of hydrogen-bond donors (Lipinski definition) is 0. The van der Waals surface area contributed by atoms with E-state index >= 15 is 0 Å². The van der Waals surface area contributed by atoms with Crippen LogP contribution in [0.25, 0.3) is 0 Å². The van der Waals surface area contributed by atoms with Gasteiger partial charge in [0.15, 0.2) is 0 Å². The molecule has 0 saturated heterocycles. The van der Waals surface area contributed by atoms with E-state index in [1.165, 1.54) is 5.56 Å². The van der Waals surface area contributed by atoms with E-state index in [2.05, 4.69) is 13.0 Å². The van der Waals surface area contributed by atoms with Gasteiger partial charge in [0.2, 0.25) is 0 Å². The number of rotatable bonds is 3. The number of aryl methyl sites for hydroxylation is 2. The highest BCUT2D eigenvalue weighted by Crippen LogP contribution is 2.18. The molecule has 0 bridgehead atoms. The fourth-order valence-electron chi connectivity index (χ4n) is 1.86. The number of benzene rings is 1. The van der Waals surface area contributed by atoms with Gasteiger partial charge in [0.1, 0.15) is 0 Å². The maximum Gasteiger partial charge on any atom is 0.338 e. The second-order valence-electron chi connectivity index (χ2n) is 3.68. The molecule has 1 aromatic carbocycles. The summed E-state index contributed by atoms with van der Waals surface area (Å²) in [6, 6.07) is 4.01. The van der Waals surface area contributed by atoms with Crippen LogP contribution in [0.15, 0.2) is 12.1 Å². The Balaban J connectivity index is 3.20. The molecule has 0 spiro atoms. The van der Waals surface area contributed by atoms with Crippen molar-refractivity contribution in [3.63, 3.8) is 0 Å². The van der Waals surface area contributed by atoms with Gasteiger partial charge in [-0.2, -0.15) is 0 Å². The Hall–Kier alpha value is -1.31. The summed E-state index contributed by atoms with van der Waals surface area (Å²) >= 11 is 0. The van der Waals surface area contributed by atoms with E-state index in [4.69, 9.17) is 4.74 Å². The largest absolute Gasteiger partial charge is 0.462 e. The topological polar surface area (TPSA) is 26.3 Å². The number of ether oxygens (including phenoxy) is 1. The first kappa shape index (κ1) is 11.8. The molecule has 0 aliphatic rings. The first-order chi connectivity index (χ1) is 7.10. The van der Waals surface area contributed by atoms with Gasteiger partial charge in [0.05, 0.1) is 12.2 Å². The van der Waals surface area contributed by atoms with Gasteiger partial charge < -0.3 is 4.74 Å². The Morgan fingerprint density at radius 1 is 1.27 bits per heavy atom. The average molecular weight is 206 g/mol. The fraction of sp³-hybridized carbons (Fsp3) is 0.462. The van der Waals surface area contributed by atoms with Crippen LogP contribution in [0, 0.1) is 13.8 Å². The molecule has 0 N–H and O–H groups in total. The minimum absolute atomic E-state index is 0.207. The molecule has 0 atom stereocenters. The molecule has 0 fully saturated rings. The monoisotopic (exact) mass is 206 g/mol. The minimum Gasteiger partial charge on any atom is -0.462 e. The summed E-state index contributed by atoms with van der Waals surface area (Å²) in [7, 11) is 0. The van der Waals surface area contributed by atoms with E-state index in [0.717, 1.165) is 23.1 Å². The molecule has 15 heavy (non-hydrogen) atoms. The second-order valence-corrected chi connectivity index (χ2v) is 3.68. The van der Waals surface area contributed by atoms with Gasteiger partial charge >= 0.3 is 5.97 Å². The SMILES string of the molecule is CCOC(=O)c1cc(C)cc(C)c1CC. The molecule has 82 valence electrons. The predicted molar refractivity (Wildman–Crippen MR) is 61.3 cm³/mol.